The van der Waals surface area contributed by atoms with Crippen LogP contribution < -0.4 is 14.4 Å². The van der Waals surface area contributed by atoms with Crippen LogP contribution in [-0.2, 0) is 14.2 Å². The number of amides is 2. The van der Waals surface area contributed by atoms with E-state index in [0.29, 0.717) is 55.4 Å². The van der Waals surface area contributed by atoms with Crippen molar-refractivity contribution < 1.29 is 33.3 Å². The first kappa shape index (κ1) is 29.9. The lowest BCUT2D eigenvalue weighted by Crippen LogP contribution is -2.54. The SMILES string of the molecule is C=C1C[C@H]2[C@H](OC3CCCCO3)N(C(=O)OC(C)(C)C)c3cc(OCCCCCI)c(OC)cc3C(=O)N2C1. The largest absolute Gasteiger partial charge is 0.493 e. The summed E-state index contributed by atoms with van der Waals surface area (Å²) in [5, 5.41) is 0. The van der Waals surface area contributed by atoms with Gasteiger partial charge in [-0.3, -0.25) is 4.79 Å². The van der Waals surface area contributed by atoms with Gasteiger partial charge >= 0.3 is 6.09 Å². The Balaban J connectivity index is 1.80. The van der Waals surface area contributed by atoms with Gasteiger partial charge in [0.25, 0.3) is 5.91 Å². The molecule has 4 rings (SSSR count). The highest BCUT2D eigenvalue weighted by molar-refractivity contribution is 14.1. The number of fused-ring (bicyclic) bond motifs is 2. The molecule has 0 saturated carbocycles. The van der Waals surface area contributed by atoms with Crippen LogP contribution in [0.15, 0.2) is 24.3 Å². The fourth-order valence-electron chi connectivity index (χ4n) is 5.16. The maximum absolute atomic E-state index is 14.0. The number of ether oxygens (including phenoxy) is 5. The fourth-order valence-corrected chi connectivity index (χ4v) is 5.70. The van der Waals surface area contributed by atoms with Gasteiger partial charge in [0.15, 0.2) is 24.0 Å². The minimum Gasteiger partial charge on any atom is -0.493 e. The number of methoxy groups -OCH3 is 1. The minimum atomic E-state index is -0.836. The third kappa shape index (κ3) is 7.18. The number of benzene rings is 1. The van der Waals surface area contributed by atoms with Crippen LogP contribution in [0.2, 0.25) is 0 Å². The number of rotatable bonds is 9. The van der Waals surface area contributed by atoms with Crippen molar-refractivity contribution in [2.45, 2.75) is 89.9 Å². The van der Waals surface area contributed by atoms with Crippen molar-refractivity contribution >= 4 is 40.3 Å². The molecule has 3 aliphatic heterocycles. The van der Waals surface area contributed by atoms with Gasteiger partial charge in [0.2, 0.25) is 0 Å². The average Bonchev–Trinajstić information content (AvgIpc) is 3.25. The Hall–Kier alpha value is -2.05. The van der Waals surface area contributed by atoms with E-state index in [-0.39, 0.29) is 5.91 Å². The molecule has 0 radical (unpaired) electrons. The van der Waals surface area contributed by atoms with Crippen molar-refractivity contribution in [2.24, 2.45) is 0 Å². The molecule has 0 aromatic heterocycles. The van der Waals surface area contributed by atoms with E-state index in [1.165, 1.54) is 4.90 Å². The summed E-state index contributed by atoms with van der Waals surface area (Å²) >= 11 is 2.37. The number of hydrogen-bond acceptors (Lipinski definition) is 7. The summed E-state index contributed by atoms with van der Waals surface area (Å²) in [6, 6.07) is 2.93. The average molecular weight is 657 g/mol. The third-order valence-corrected chi connectivity index (χ3v) is 7.73. The number of hydrogen-bond donors (Lipinski definition) is 0. The number of carbonyl (C=O) groups excluding carboxylic acids is 2. The first-order chi connectivity index (χ1) is 18.6. The standard InChI is InChI=1S/C29H41IN2O7/c1-19-15-22-27(38-25-11-7-10-14-37-25)32(28(34)39-29(2,3)4)21-17-24(36-13-9-6-8-12-30)23(35-5)16-20(21)26(33)31(22)18-19/h16-17,22,25,27H,1,6-15,18H2,2-5H3/t22-,25?,27-/m0/s1. The first-order valence-electron chi connectivity index (χ1n) is 13.8. The molecule has 3 atom stereocenters. The predicted molar refractivity (Wildman–Crippen MR) is 157 cm³/mol. The molecule has 2 saturated heterocycles. The zero-order valence-electron chi connectivity index (χ0n) is 23.5. The molecular formula is C29H41IN2O7. The molecule has 0 spiro atoms. The minimum absolute atomic E-state index is 0.218. The van der Waals surface area contributed by atoms with Gasteiger partial charge in [0.05, 0.1) is 31.0 Å². The molecule has 216 valence electrons. The molecule has 2 amide bonds. The van der Waals surface area contributed by atoms with Crippen LogP contribution in [-0.4, -0.2) is 72.4 Å². The molecule has 1 unspecified atom stereocenters. The van der Waals surface area contributed by atoms with Crippen molar-refractivity contribution in [2.75, 3.05) is 36.2 Å². The highest BCUT2D eigenvalue weighted by Crippen LogP contribution is 2.43. The second kappa shape index (κ2) is 13.1. The Morgan fingerprint density at radius 3 is 2.64 bits per heavy atom. The first-order valence-corrected chi connectivity index (χ1v) is 15.3. The number of halogens is 1. The number of nitrogens with zero attached hydrogens (tertiary/aromatic N) is 2. The Kier molecular flexibility index (Phi) is 10.0. The molecule has 0 N–H and O–H groups in total. The third-order valence-electron chi connectivity index (χ3n) is 6.96. The quantitative estimate of drug-likeness (QED) is 0.138. The van der Waals surface area contributed by atoms with Gasteiger partial charge in [0.1, 0.15) is 5.60 Å². The van der Waals surface area contributed by atoms with Gasteiger partial charge in [0, 0.05) is 19.2 Å². The van der Waals surface area contributed by atoms with Crippen molar-refractivity contribution in [1.82, 2.24) is 4.90 Å². The number of unbranched alkanes of at least 4 members (excludes halogenated alkanes) is 2. The normalized spacial score (nSPS) is 23.3. The van der Waals surface area contributed by atoms with Gasteiger partial charge in [-0.2, -0.15) is 0 Å². The van der Waals surface area contributed by atoms with Crippen LogP contribution in [0.25, 0.3) is 0 Å². The zero-order chi connectivity index (χ0) is 28.2. The number of carbonyl (C=O) groups is 2. The Labute approximate surface area is 245 Å². The molecule has 1 aromatic carbocycles. The van der Waals surface area contributed by atoms with Crippen LogP contribution in [0, 0.1) is 0 Å². The van der Waals surface area contributed by atoms with Crippen LogP contribution in [0.4, 0.5) is 10.5 Å². The summed E-state index contributed by atoms with van der Waals surface area (Å²) in [5.41, 5.74) is 0.837. The van der Waals surface area contributed by atoms with Gasteiger partial charge < -0.3 is 28.6 Å². The van der Waals surface area contributed by atoms with Crippen LogP contribution in [0.3, 0.4) is 0 Å². The highest BCUT2D eigenvalue weighted by atomic mass is 127. The van der Waals surface area contributed by atoms with E-state index in [1.54, 1.807) is 24.1 Å². The van der Waals surface area contributed by atoms with E-state index in [4.69, 9.17) is 23.7 Å². The molecule has 0 aliphatic carbocycles. The van der Waals surface area contributed by atoms with E-state index in [9.17, 15) is 9.59 Å². The summed E-state index contributed by atoms with van der Waals surface area (Å²) in [6.07, 6.45) is 4.28. The van der Waals surface area contributed by atoms with Gasteiger partial charge in [-0.1, -0.05) is 34.7 Å². The molecule has 3 heterocycles. The predicted octanol–water partition coefficient (Wildman–Crippen LogP) is 6.07. The second-order valence-electron chi connectivity index (χ2n) is 11.2. The van der Waals surface area contributed by atoms with Crippen LogP contribution in [0.5, 0.6) is 11.5 Å². The Morgan fingerprint density at radius 1 is 1.18 bits per heavy atom. The number of alkyl halides is 1. The zero-order valence-corrected chi connectivity index (χ0v) is 25.7. The summed E-state index contributed by atoms with van der Waals surface area (Å²) in [7, 11) is 1.55. The lowest BCUT2D eigenvalue weighted by Gasteiger charge is -2.39. The van der Waals surface area contributed by atoms with Crippen LogP contribution in [0.1, 0.15) is 76.1 Å². The van der Waals surface area contributed by atoms with Crippen molar-refractivity contribution in [1.29, 1.82) is 0 Å². The number of anilines is 1. The summed E-state index contributed by atoms with van der Waals surface area (Å²) in [4.78, 5) is 31.1. The molecular weight excluding hydrogens is 615 g/mol. The van der Waals surface area contributed by atoms with E-state index in [2.05, 4.69) is 29.2 Å². The van der Waals surface area contributed by atoms with E-state index >= 15 is 0 Å². The topological polar surface area (TPSA) is 86.8 Å². The lowest BCUT2D eigenvalue weighted by molar-refractivity contribution is -0.195. The smallest absolute Gasteiger partial charge is 0.417 e. The molecule has 1 aromatic rings. The van der Waals surface area contributed by atoms with Crippen molar-refractivity contribution in [3.05, 3.63) is 29.8 Å². The van der Waals surface area contributed by atoms with E-state index < -0.39 is 30.3 Å². The van der Waals surface area contributed by atoms with Crippen molar-refractivity contribution in [3.8, 4) is 11.5 Å². The lowest BCUT2D eigenvalue weighted by atomic mass is 10.1. The Morgan fingerprint density at radius 2 is 1.97 bits per heavy atom. The summed E-state index contributed by atoms with van der Waals surface area (Å²) in [5.74, 6) is 0.681. The second-order valence-corrected chi connectivity index (χ2v) is 12.3. The van der Waals surface area contributed by atoms with Gasteiger partial charge in [-0.25, -0.2) is 9.69 Å². The van der Waals surface area contributed by atoms with Crippen molar-refractivity contribution in [3.63, 3.8) is 0 Å². The van der Waals surface area contributed by atoms with Crippen LogP contribution >= 0.6 is 22.6 Å². The van der Waals surface area contributed by atoms with E-state index in [0.717, 1.165) is 42.1 Å². The van der Waals surface area contributed by atoms with Gasteiger partial charge in [-0.15, -0.1) is 0 Å². The molecule has 10 heteroatoms. The maximum Gasteiger partial charge on any atom is 0.417 e. The summed E-state index contributed by atoms with van der Waals surface area (Å²) < 4.78 is 31.2. The Bertz CT molecular complexity index is 1050. The molecule has 0 bridgehead atoms. The molecule has 2 fully saturated rings. The monoisotopic (exact) mass is 656 g/mol. The fraction of sp³-hybridized carbons (Fsp3) is 0.655. The maximum atomic E-state index is 14.0. The molecule has 39 heavy (non-hydrogen) atoms. The van der Waals surface area contributed by atoms with Gasteiger partial charge in [-0.05, 0) is 76.2 Å². The summed E-state index contributed by atoms with van der Waals surface area (Å²) in [6.45, 7) is 11.1. The van der Waals surface area contributed by atoms with E-state index in [1.807, 2.05) is 20.8 Å². The molecule has 3 aliphatic rings. The molecule has 9 nitrogen and oxygen atoms in total. The highest BCUT2D eigenvalue weighted by Gasteiger charge is 2.49.